The zero-order valence-corrected chi connectivity index (χ0v) is 12.6. The SMILES string of the molecule is N#Cc1cc(SCCCO)c(SCCCO)cc1C#N. The Bertz CT molecular complexity index is 474. The van der Waals surface area contributed by atoms with Crippen LogP contribution in [0.25, 0.3) is 0 Å². The second-order valence-corrected chi connectivity index (χ2v) is 6.19. The van der Waals surface area contributed by atoms with Gasteiger partial charge in [-0.05, 0) is 25.0 Å². The molecule has 0 saturated carbocycles. The van der Waals surface area contributed by atoms with Crippen LogP contribution in [0.1, 0.15) is 24.0 Å². The molecule has 0 aromatic heterocycles. The number of benzene rings is 1. The van der Waals surface area contributed by atoms with E-state index in [1.165, 1.54) is 0 Å². The van der Waals surface area contributed by atoms with Crippen LogP contribution in [-0.2, 0) is 0 Å². The molecular formula is C14H16N2O2S2. The third kappa shape index (κ3) is 5.07. The predicted octanol–water partition coefficient (Wildman–Crippen LogP) is 2.38. The Morgan fingerprint density at radius 2 is 1.25 bits per heavy atom. The van der Waals surface area contributed by atoms with Gasteiger partial charge in [0, 0.05) is 34.5 Å². The van der Waals surface area contributed by atoms with Gasteiger partial charge in [0.2, 0.25) is 0 Å². The van der Waals surface area contributed by atoms with Crippen LogP contribution in [0.4, 0.5) is 0 Å². The van der Waals surface area contributed by atoms with Crippen LogP contribution in [0.2, 0.25) is 0 Å². The van der Waals surface area contributed by atoms with Crippen LogP contribution in [0, 0.1) is 22.7 Å². The van der Waals surface area contributed by atoms with E-state index >= 15 is 0 Å². The minimum atomic E-state index is 0.140. The van der Waals surface area contributed by atoms with E-state index in [-0.39, 0.29) is 13.2 Å². The first kappa shape index (κ1) is 16.9. The van der Waals surface area contributed by atoms with E-state index in [2.05, 4.69) is 0 Å². The summed E-state index contributed by atoms with van der Waals surface area (Å²) < 4.78 is 0. The van der Waals surface area contributed by atoms with Crippen molar-refractivity contribution >= 4 is 23.5 Å². The number of thioether (sulfide) groups is 2. The van der Waals surface area contributed by atoms with Gasteiger partial charge in [-0.2, -0.15) is 10.5 Å². The molecule has 0 atom stereocenters. The molecule has 0 radical (unpaired) electrons. The van der Waals surface area contributed by atoms with Crippen molar-refractivity contribution in [3.63, 3.8) is 0 Å². The molecule has 6 heteroatoms. The third-order valence-corrected chi connectivity index (χ3v) is 4.86. The van der Waals surface area contributed by atoms with Crippen molar-refractivity contribution in [2.45, 2.75) is 22.6 Å². The van der Waals surface area contributed by atoms with Gasteiger partial charge < -0.3 is 10.2 Å². The Kier molecular flexibility index (Phi) is 8.17. The average molecular weight is 308 g/mol. The summed E-state index contributed by atoms with van der Waals surface area (Å²) in [5, 5.41) is 35.8. The van der Waals surface area contributed by atoms with Crippen LogP contribution in [-0.4, -0.2) is 34.9 Å². The molecule has 0 aliphatic heterocycles. The largest absolute Gasteiger partial charge is 0.396 e. The molecule has 0 spiro atoms. The molecule has 1 aromatic carbocycles. The molecule has 0 aliphatic rings. The maximum Gasteiger partial charge on any atom is 0.101 e. The lowest BCUT2D eigenvalue weighted by Crippen LogP contribution is -1.93. The Hall–Kier alpha value is -1.18. The Labute approximate surface area is 127 Å². The maximum absolute atomic E-state index is 9.06. The summed E-state index contributed by atoms with van der Waals surface area (Å²) in [4.78, 5) is 1.91. The zero-order chi connectivity index (χ0) is 14.8. The molecule has 0 amide bonds. The Morgan fingerprint density at radius 3 is 1.55 bits per heavy atom. The lowest BCUT2D eigenvalue weighted by Gasteiger charge is -2.10. The fourth-order valence-corrected chi connectivity index (χ4v) is 3.61. The normalized spacial score (nSPS) is 10.0. The van der Waals surface area contributed by atoms with Gasteiger partial charge in [-0.3, -0.25) is 0 Å². The van der Waals surface area contributed by atoms with Gasteiger partial charge in [-0.15, -0.1) is 23.5 Å². The van der Waals surface area contributed by atoms with E-state index in [1.807, 2.05) is 12.1 Å². The first-order chi connectivity index (χ1) is 9.76. The van der Waals surface area contributed by atoms with Crippen LogP contribution in [0.3, 0.4) is 0 Å². The maximum atomic E-state index is 9.06. The quantitative estimate of drug-likeness (QED) is 0.566. The van der Waals surface area contributed by atoms with Crippen molar-refractivity contribution in [3.8, 4) is 12.1 Å². The molecule has 0 bridgehead atoms. The van der Waals surface area contributed by atoms with Crippen LogP contribution in [0.5, 0.6) is 0 Å². The molecule has 0 heterocycles. The van der Waals surface area contributed by atoms with Crippen molar-refractivity contribution in [3.05, 3.63) is 23.3 Å². The monoisotopic (exact) mass is 308 g/mol. The molecule has 0 saturated heterocycles. The molecule has 0 aliphatic carbocycles. The van der Waals surface area contributed by atoms with Crippen LogP contribution in [0.15, 0.2) is 21.9 Å². The minimum absolute atomic E-state index is 0.140. The smallest absolute Gasteiger partial charge is 0.101 e. The highest BCUT2D eigenvalue weighted by Crippen LogP contribution is 2.34. The predicted molar refractivity (Wildman–Crippen MR) is 80.7 cm³/mol. The van der Waals surface area contributed by atoms with E-state index < -0.39 is 0 Å². The number of hydrogen-bond acceptors (Lipinski definition) is 6. The van der Waals surface area contributed by atoms with E-state index in [1.54, 1.807) is 35.7 Å². The molecule has 2 N–H and O–H groups in total. The van der Waals surface area contributed by atoms with Gasteiger partial charge in [0.15, 0.2) is 0 Å². The molecule has 1 aromatic rings. The van der Waals surface area contributed by atoms with Crippen molar-refractivity contribution in [1.82, 2.24) is 0 Å². The van der Waals surface area contributed by atoms with Gasteiger partial charge in [-0.1, -0.05) is 0 Å². The van der Waals surface area contributed by atoms with Gasteiger partial charge in [-0.25, -0.2) is 0 Å². The highest BCUT2D eigenvalue weighted by Gasteiger charge is 2.10. The van der Waals surface area contributed by atoms with Crippen LogP contribution >= 0.6 is 23.5 Å². The fourth-order valence-electron chi connectivity index (χ4n) is 1.46. The summed E-state index contributed by atoms with van der Waals surface area (Å²) in [7, 11) is 0. The molecular weight excluding hydrogens is 292 g/mol. The molecule has 0 unspecified atom stereocenters. The van der Waals surface area contributed by atoms with Gasteiger partial charge >= 0.3 is 0 Å². The second-order valence-electron chi connectivity index (χ2n) is 3.92. The standard InChI is InChI=1S/C14H16N2O2S2/c15-9-11-7-13(19-5-1-3-17)14(8-12(11)10-16)20-6-2-4-18/h7-8,17-18H,1-6H2. The Balaban J connectivity index is 2.97. The van der Waals surface area contributed by atoms with Gasteiger partial charge in [0.25, 0.3) is 0 Å². The minimum Gasteiger partial charge on any atom is -0.396 e. The summed E-state index contributed by atoms with van der Waals surface area (Å²) in [5.41, 5.74) is 0.760. The summed E-state index contributed by atoms with van der Waals surface area (Å²) >= 11 is 3.15. The number of aliphatic hydroxyl groups is 2. The lowest BCUT2D eigenvalue weighted by molar-refractivity contribution is 0.296. The van der Waals surface area contributed by atoms with E-state index in [4.69, 9.17) is 20.7 Å². The first-order valence-electron chi connectivity index (χ1n) is 6.22. The zero-order valence-electron chi connectivity index (χ0n) is 11.0. The molecule has 20 heavy (non-hydrogen) atoms. The van der Waals surface area contributed by atoms with Gasteiger partial charge in [0.05, 0.1) is 11.1 Å². The summed E-state index contributed by atoms with van der Waals surface area (Å²) in [6.07, 6.45) is 1.38. The summed E-state index contributed by atoms with van der Waals surface area (Å²) in [5.74, 6) is 1.53. The number of nitriles is 2. The first-order valence-corrected chi connectivity index (χ1v) is 8.19. The average Bonchev–Trinajstić information content (AvgIpc) is 2.48. The van der Waals surface area contributed by atoms with Gasteiger partial charge in [0.1, 0.15) is 12.1 Å². The number of nitrogens with zero attached hydrogens (tertiary/aromatic N) is 2. The second kappa shape index (κ2) is 9.68. The van der Waals surface area contributed by atoms with Crippen LogP contribution < -0.4 is 0 Å². The summed E-state index contributed by atoms with van der Waals surface area (Å²) in [6.45, 7) is 0.281. The van der Waals surface area contributed by atoms with E-state index in [0.29, 0.717) is 24.0 Å². The topological polar surface area (TPSA) is 88.0 Å². The number of hydrogen-bond donors (Lipinski definition) is 2. The van der Waals surface area contributed by atoms with Crippen molar-refractivity contribution in [2.75, 3.05) is 24.7 Å². The molecule has 0 fully saturated rings. The number of aliphatic hydroxyl groups excluding tert-OH is 2. The Morgan fingerprint density at radius 1 is 0.850 bits per heavy atom. The summed E-state index contributed by atoms with van der Waals surface area (Å²) in [6, 6.07) is 7.55. The van der Waals surface area contributed by atoms with E-state index in [9.17, 15) is 0 Å². The highest BCUT2D eigenvalue weighted by molar-refractivity contribution is 8.02. The number of rotatable bonds is 8. The molecule has 1 rings (SSSR count). The molecule has 106 valence electrons. The van der Waals surface area contributed by atoms with Crippen molar-refractivity contribution in [2.24, 2.45) is 0 Å². The lowest BCUT2D eigenvalue weighted by atomic mass is 10.1. The van der Waals surface area contributed by atoms with Crippen molar-refractivity contribution in [1.29, 1.82) is 10.5 Å². The highest BCUT2D eigenvalue weighted by atomic mass is 32.2. The van der Waals surface area contributed by atoms with E-state index in [0.717, 1.165) is 21.3 Å². The fraction of sp³-hybridized carbons (Fsp3) is 0.429. The molecule has 4 nitrogen and oxygen atoms in total. The van der Waals surface area contributed by atoms with Crippen molar-refractivity contribution < 1.29 is 10.2 Å². The third-order valence-electron chi connectivity index (χ3n) is 2.44.